The van der Waals surface area contributed by atoms with Gasteiger partial charge in [-0.3, -0.25) is 0 Å². The molecule has 2 N–H and O–H groups in total. The summed E-state index contributed by atoms with van der Waals surface area (Å²) in [5.41, 5.74) is 0.0920. The van der Waals surface area contributed by atoms with Gasteiger partial charge >= 0.3 is 6.18 Å². The first kappa shape index (κ1) is 21.3. The molecule has 3 rings (SSSR count). The average Bonchev–Trinajstić information content (AvgIpc) is 2.59. The van der Waals surface area contributed by atoms with E-state index < -0.39 is 44.2 Å². The van der Waals surface area contributed by atoms with E-state index in [0.29, 0.717) is 16.0 Å². The minimum Gasteiger partial charge on any atom is -0.224 e. The second kappa shape index (κ2) is 7.43. The molecule has 1 atom stereocenters. The summed E-state index contributed by atoms with van der Waals surface area (Å²) >= 11 is 5.29. The van der Waals surface area contributed by atoms with Gasteiger partial charge in [0.15, 0.2) is 4.90 Å². The third kappa shape index (κ3) is 4.44. The summed E-state index contributed by atoms with van der Waals surface area (Å²) in [6.45, 7) is 0. The zero-order valence-corrected chi connectivity index (χ0v) is 16.0. The Hall–Kier alpha value is -2.43. The van der Waals surface area contributed by atoms with Crippen LogP contribution in [-0.2, 0) is 16.2 Å². The van der Waals surface area contributed by atoms with Crippen molar-refractivity contribution in [1.82, 2.24) is 0 Å². The second-order valence-corrected chi connectivity index (χ2v) is 8.24. The van der Waals surface area contributed by atoms with Crippen LogP contribution in [0.3, 0.4) is 0 Å². The number of thiocarbonyl (C=S) groups is 1. The van der Waals surface area contributed by atoms with Crippen LogP contribution in [0.25, 0.3) is 5.57 Å². The van der Waals surface area contributed by atoms with Gasteiger partial charge in [0.1, 0.15) is 11.6 Å². The van der Waals surface area contributed by atoms with Crippen LogP contribution in [0.1, 0.15) is 22.6 Å². The molecule has 0 heterocycles. The number of nitrogens with two attached hydrogens (primary N) is 1. The first-order valence-corrected chi connectivity index (χ1v) is 9.96. The average molecular weight is 445 g/mol. The van der Waals surface area contributed by atoms with Gasteiger partial charge in [0.05, 0.1) is 5.56 Å². The van der Waals surface area contributed by atoms with Gasteiger partial charge in [0.2, 0.25) is 10.0 Å². The Morgan fingerprint density at radius 1 is 1.00 bits per heavy atom. The number of hydrogen-bond acceptors (Lipinski definition) is 3. The van der Waals surface area contributed by atoms with Gasteiger partial charge in [-0.25, -0.2) is 22.3 Å². The van der Waals surface area contributed by atoms with E-state index in [2.05, 4.69) is 0 Å². The highest BCUT2D eigenvalue weighted by Crippen LogP contribution is 2.34. The number of sulfonamides is 1. The Morgan fingerprint density at radius 3 is 2.00 bits per heavy atom. The van der Waals surface area contributed by atoms with Crippen LogP contribution >= 0.6 is 12.2 Å². The molecule has 152 valence electrons. The highest BCUT2D eigenvalue weighted by molar-refractivity contribution is 7.89. The smallest absolute Gasteiger partial charge is 0.224 e. The molecule has 1 unspecified atom stereocenters. The van der Waals surface area contributed by atoms with Gasteiger partial charge in [-0.15, -0.1) is 0 Å². The number of hydrogen-bond donors (Lipinski definition) is 1. The van der Waals surface area contributed by atoms with Crippen molar-refractivity contribution in [2.75, 3.05) is 0 Å². The lowest BCUT2D eigenvalue weighted by atomic mass is 9.87. The third-order valence-corrected chi connectivity index (χ3v) is 5.62. The number of allylic oxidation sites excluding steroid dienone is 4. The van der Waals surface area contributed by atoms with Gasteiger partial charge in [-0.05, 0) is 47.0 Å². The number of benzene rings is 2. The zero-order chi connectivity index (χ0) is 21.6. The standard InChI is InChI=1S/C19H12F5NO2S2/c20-15-7-12(8-16(21)18(15)29(25,26)27)11-3-6-14(17(28)9-11)10-1-4-13(5-2-10)19(22,23)24/h1-9,14H,(H2,25,26,27). The van der Waals surface area contributed by atoms with E-state index in [9.17, 15) is 30.4 Å². The quantitative estimate of drug-likeness (QED) is 0.549. The van der Waals surface area contributed by atoms with E-state index in [1.165, 1.54) is 24.3 Å². The maximum absolute atomic E-state index is 14.1. The topological polar surface area (TPSA) is 60.2 Å². The van der Waals surface area contributed by atoms with Crippen molar-refractivity contribution in [1.29, 1.82) is 0 Å². The first-order valence-electron chi connectivity index (χ1n) is 8.01. The second-order valence-electron chi connectivity index (χ2n) is 6.27. The summed E-state index contributed by atoms with van der Waals surface area (Å²) in [5.74, 6) is -3.17. The Labute approximate surface area is 168 Å². The fourth-order valence-electron chi connectivity index (χ4n) is 2.92. The van der Waals surface area contributed by atoms with Crippen molar-refractivity contribution in [2.45, 2.75) is 17.0 Å². The van der Waals surface area contributed by atoms with Crippen molar-refractivity contribution in [3.8, 4) is 0 Å². The van der Waals surface area contributed by atoms with Gasteiger partial charge in [-0.1, -0.05) is 36.5 Å². The molecule has 0 fully saturated rings. The fraction of sp³-hybridized carbons (Fsp3) is 0.105. The Kier molecular flexibility index (Phi) is 5.46. The van der Waals surface area contributed by atoms with Crippen LogP contribution < -0.4 is 5.14 Å². The summed E-state index contributed by atoms with van der Waals surface area (Å²) in [4.78, 5) is -0.912. The highest BCUT2D eigenvalue weighted by Gasteiger charge is 2.30. The molecule has 2 aromatic carbocycles. The maximum Gasteiger partial charge on any atom is 0.416 e. The molecule has 0 radical (unpaired) electrons. The minimum atomic E-state index is -4.57. The third-order valence-electron chi connectivity index (χ3n) is 4.29. The number of rotatable bonds is 3. The molecule has 29 heavy (non-hydrogen) atoms. The summed E-state index contributed by atoms with van der Waals surface area (Å²) in [6.07, 6.45) is 0.0843. The van der Waals surface area contributed by atoms with Crippen LogP contribution in [0, 0.1) is 11.6 Å². The summed E-state index contributed by atoms with van der Waals surface area (Å²) in [7, 11) is -4.57. The van der Waals surface area contributed by atoms with E-state index in [4.69, 9.17) is 17.4 Å². The lowest BCUT2D eigenvalue weighted by Gasteiger charge is -2.19. The van der Waals surface area contributed by atoms with E-state index in [-0.39, 0.29) is 5.56 Å². The van der Waals surface area contributed by atoms with E-state index >= 15 is 0 Å². The van der Waals surface area contributed by atoms with Gasteiger partial charge in [-0.2, -0.15) is 13.2 Å². The number of primary sulfonamides is 1. The number of halogens is 5. The predicted octanol–water partition coefficient (Wildman–Crippen LogP) is 4.74. The SMILES string of the molecule is NS(=O)(=O)c1c(F)cc(C2=CC(=S)C(c3ccc(C(F)(F)F)cc3)C=C2)cc1F. The number of alkyl halides is 3. The minimum absolute atomic E-state index is 0.0388. The zero-order valence-electron chi connectivity index (χ0n) is 14.4. The highest BCUT2D eigenvalue weighted by atomic mass is 32.2. The van der Waals surface area contributed by atoms with E-state index in [0.717, 1.165) is 24.3 Å². The lowest BCUT2D eigenvalue weighted by Crippen LogP contribution is -2.16. The van der Waals surface area contributed by atoms with Crippen molar-refractivity contribution >= 4 is 32.7 Å². The van der Waals surface area contributed by atoms with Crippen LogP contribution in [0.5, 0.6) is 0 Å². The molecular weight excluding hydrogens is 433 g/mol. The van der Waals surface area contributed by atoms with Crippen molar-refractivity contribution in [2.24, 2.45) is 5.14 Å². The van der Waals surface area contributed by atoms with Gasteiger partial charge < -0.3 is 0 Å². The molecule has 0 spiro atoms. The first-order chi connectivity index (χ1) is 13.4. The molecule has 3 nitrogen and oxygen atoms in total. The van der Waals surface area contributed by atoms with Crippen molar-refractivity contribution in [3.05, 3.63) is 83.0 Å². The van der Waals surface area contributed by atoms with Crippen LogP contribution in [0.4, 0.5) is 22.0 Å². The molecule has 0 saturated carbocycles. The molecule has 0 bridgehead atoms. The van der Waals surface area contributed by atoms with Gasteiger partial charge in [0, 0.05) is 10.8 Å². The maximum atomic E-state index is 14.1. The molecule has 1 aliphatic carbocycles. The summed E-state index contributed by atoms with van der Waals surface area (Å²) in [6, 6.07) is 6.15. The summed E-state index contributed by atoms with van der Waals surface area (Å²) < 4.78 is 88.7. The molecule has 0 aliphatic heterocycles. The molecule has 0 aromatic heterocycles. The molecular formula is C19H12F5NO2S2. The molecule has 2 aromatic rings. The molecule has 10 heteroatoms. The van der Waals surface area contributed by atoms with Crippen molar-refractivity contribution in [3.63, 3.8) is 0 Å². The fourth-order valence-corrected chi connectivity index (χ4v) is 3.92. The van der Waals surface area contributed by atoms with E-state index in [1.54, 1.807) is 6.08 Å². The van der Waals surface area contributed by atoms with Crippen molar-refractivity contribution < 1.29 is 30.4 Å². The monoisotopic (exact) mass is 445 g/mol. The molecule has 0 amide bonds. The Bertz CT molecular complexity index is 1130. The van der Waals surface area contributed by atoms with Gasteiger partial charge in [0.25, 0.3) is 0 Å². The predicted molar refractivity (Wildman–Crippen MR) is 102 cm³/mol. The van der Waals surface area contributed by atoms with Crippen LogP contribution in [0.15, 0.2) is 59.5 Å². The summed E-state index contributed by atoms with van der Waals surface area (Å²) in [5, 5.41) is 4.80. The molecule has 1 aliphatic rings. The molecule has 0 saturated heterocycles. The largest absolute Gasteiger partial charge is 0.416 e. The Morgan fingerprint density at radius 2 is 1.55 bits per heavy atom. The van der Waals surface area contributed by atoms with Crippen LogP contribution in [0.2, 0.25) is 0 Å². The van der Waals surface area contributed by atoms with E-state index in [1.807, 2.05) is 0 Å². The van der Waals surface area contributed by atoms with Crippen LogP contribution in [-0.4, -0.2) is 13.3 Å². The Balaban J connectivity index is 1.90. The lowest BCUT2D eigenvalue weighted by molar-refractivity contribution is -0.137. The normalized spacial score (nSPS) is 17.4.